The van der Waals surface area contributed by atoms with Gasteiger partial charge in [-0.3, -0.25) is 15.0 Å². The summed E-state index contributed by atoms with van der Waals surface area (Å²) in [7, 11) is -3.94. The van der Waals surface area contributed by atoms with Gasteiger partial charge in [-0.05, 0) is 17.5 Å². The van der Waals surface area contributed by atoms with Crippen molar-refractivity contribution in [3.63, 3.8) is 0 Å². The van der Waals surface area contributed by atoms with E-state index >= 15 is 0 Å². The van der Waals surface area contributed by atoms with E-state index in [0.29, 0.717) is 31.4 Å². The van der Waals surface area contributed by atoms with E-state index in [1.54, 1.807) is 0 Å². The Hall–Kier alpha value is -2.67. The highest BCUT2D eigenvalue weighted by Crippen LogP contribution is 2.27. The van der Waals surface area contributed by atoms with Gasteiger partial charge in [0.1, 0.15) is 0 Å². The molecule has 0 spiro atoms. The number of nitro groups is 1. The number of hydrogen-bond acceptors (Lipinski definition) is 9. The molecule has 0 bridgehead atoms. The molecule has 0 unspecified atom stereocenters. The van der Waals surface area contributed by atoms with Gasteiger partial charge in [-0.1, -0.05) is 18.2 Å². The molecule has 10 nitrogen and oxygen atoms in total. The Morgan fingerprint density at radius 3 is 2.55 bits per heavy atom. The van der Waals surface area contributed by atoms with E-state index in [-0.39, 0.29) is 18.0 Å². The molecule has 152 valence electrons. The summed E-state index contributed by atoms with van der Waals surface area (Å²) in [5, 5.41) is 21.2. The van der Waals surface area contributed by atoms with Crippen molar-refractivity contribution in [2.45, 2.75) is 11.4 Å². The summed E-state index contributed by atoms with van der Waals surface area (Å²) < 4.78 is 32.7. The zero-order chi connectivity index (χ0) is 20.4. The fourth-order valence-corrected chi connectivity index (χ4v) is 5.33. The van der Waals surface area contributed by atoms with Crippen molar-refractivity contribution in [2.24, 2.45) is 0 Å². The minimum Gasteiger partial charge on any atom is -0.419 e. The predicted molar refractivity (Wildman–Crippen MR) is 105 cm³/mol. The van der Waals surface area contributed by atoms with Crippen LogP contribution >= 0.6 is 11.3 Å². The standard InChI is InChI=1S/C17H17N5O5S2/c23-22(24)13-4-1-2-6-15(13)29(25,26)21-9-7-20(8-10-21)12-16-18-19-17(27-16)14-5-3-11-28-14/h1-6,11H,7-10,12H2. The van der Waals surface area contributed by atoms with Gasteiger partial charge in [0, 0.05) is 32.2 Å². The Morgan fingerprint density at radius 1 is 1.10 bits per heavy atom. The number of aromatic nitrogens is 2. The molecule has 3 heterocycles. The largest absolute Gasteiger partial charge is 0.419 e. The fraction of sp³-hybridized carbons (Fsp3) is 0.294. The van der Waals surface area contributed by atoms with Crippen molar-refractivity contribution >= 4 is 27.0 Å². The molecule has 2 aromatic heterocycles. The van der Waals surface area contributed by atoms with Gasteiger partial charge in [0.05, 0.1) is 16.3 Å². The second-order valence-corrected chi connectivity index (χ2v) is 9.24. The Bertz CT molecular complexity index is 1100. The van der Waals surface area contributed by atoms with Crippen LogP contribution in [0.5, 0.6) is 0 Å². The Morgan fingerprint density at radius 2 is 1.86 bits per heavy atom. The number of thiophene rings is 1. The molecule has 1 aromatic carbocycles. The molecule has 0 amide bonds. The van der Waals surface area contributed by atoms with Crippen LogP contribution in [0.4, 0.5) is 5.69 Å². The Labute approximate surface area is 170 Å². The second-order valence-electron chi connectivity index (χ2n) is 6.38. The van der Waals surface area contributed by atoms with Crippen molar-refractivity contribution in [1.82, 2.24) is 19.4 Å². The molecule has 0 atom stereocenters. The third kappa shape index (κ3) is 4.05. The lowest BCUT2D eigenvalue weighted by atomic mass is 10.3. The van der Waals surface area contributed by atoms with Crippen molar-refractivity contribution in [3.8, 4) is 10.8 Å². The number of benzene rings is 1. The molecule has 1 aliphatic rings. The van der Waals surface area contributed by atoms with Gasteiger partial charge in [0.25, 0.3) is 11.6 Å². The van der Waals surface area contributed by atoms with E-state index in [0.717, 1.165) is 4.88 Å². The lowest BCUT2D eigenvalue weighted by Gasteiger charge is -2.33. The number of nitrogens with zero attached hydrogens (tertiary/aromatic N) is 5. The summed E-state index contributed by atoms with van der Waals surface area (Å²) in [4.78, 5) is 13.1. The second kappa shape index (κ2) is 7.99. The van der Waals surface area contributed by atoms with E-state index < -0.39 is 20.6 Å². The highest BCUT2D eigenvalue weighted by Gasteiger charge is 2.33. The zero-order valence-corrected chi connectivity index (χ0v) is 16.8. The zero-order valence-electron chi connectivity index (χ0n) is 15.2. The van der Waals surface area contributed by atoms with Crippen molar-refractivity contribution in [2.75, 3.05) is 26.2 Å². The van der Waals surface area contributed by atoms with Crippen LogP contribution in [0.25, 0.3) is 10.8 Å². The van der Waals surface area contributed by atoms with Crippen LogP contribution < -0.4 is 0 Å². The highest BCUT2D eigenvalue weighted by atomic mass is 32.2. The molecule has 1 fully saturated rings. The molecular weight excluding hydrogens is 418 g/mol. The molecule has 1 aliphatic heterocycles. The average molecular weight is 435 g/mol. The maximum atomic E-state index is 12.9. The van der Waals surface area contributed by atoms with Crippen LogP contribution in [-0.2, 0) is 16.6 Å². The smallest absolute Gasteiger partial charge is 0.289 e. The average Bonchev–Trinajstić information content (AvgIpc) is 3.40. The first-order valence-corrected chi connectivity index (χ1v) is 11.1. The molecule has 1 saturated heterocycles. The van der Waals surface area contributed by atoms with Crippen LogP contribution in [0, 0.1) is 10.1 Å². The molecule has 0 N–H and O–H groups in total. The fourth-order valence-electron chi connectivity index (χ4n) is 3.10. The van der Waals surface area contributed by atoms with Crippen LogP contribution in [-0.4, -0.2) is 58.9 Å². The quantitative estimate of drug-likeness (QED) is 0.427. The molecule has 3 aromatic rings. The molecule has 0 aliphatic carbocycles. The van der Waals surface area contributed by atoms with Gasteiger partial charge in [0.2, 0.25) is 15.9 Å². The molecule has 29 heavy (non-hydrogen) atoms. The molecule has 4 rings (SSSR count). The van der Waals surface area contributed by atoms with Crippen LogP contribution in [0.1, 0.15) is 5.89 Å². The first kappa shape index (κ1) is 19.6. The Kier molecular flexibility index (Phi) is 5.41. The molecule has 0 radical (unpaired) electrons. The molecule has 0 saturated carbocycles. The van der Waals surface area contributed by atoms with E-state index in [1.165, 1.54) is 39.9 Å². The first-order valence-electron chi connectivity index (χ1n) is 8.77. The summed E-state index contributed by atoms with van der Waals surface area (Å²) in [6.45, 7) is 1.77. The Balaban J connectivity index is 1.41. The van der Waals surface area contributed by atoms with Crippen LogP contribution in [0.15, 0.2) is 51.1 Å². The van der Waals surface area contributed by atoms with Gasteiger partial charge in [-0.25, -0.2) is 8.42 Å². The maximum Gasteiger partial charge on any atom is 0.289 e. The maximum absolute atomic E-state index is 12.9. The number of nitro benzene ring substituents is 1. The highest BCUT2D eigenvalue weighted by molar-refractivity contribution is 7.89. The minimum atomic E-state index is -3.94. The monoisotopic (exact) mass is 435 g/mol. The number of piperazine rings is 1. The van der Waals surface area contributed by atoms with Crippen molar-refractivity contribution < 1.29 is 17.8 Å². The predicted octanol–water partition coefficient (Wildman–Crippen LogP) is 2.21. The number of sulfonamides is 1. The van der Waals surface area contributed by atoms with E-state index in [9.17, 15) is 18.5 Å². The van der Waals surface area contributed by atoms with Crippen molar-refractivity contribution in [1.29, 1.82) is 0 Å². The van der Waals surface area contributed by atoms with Crippen molar-refractivity contribution in [3.05, 3.63) is 57.8 Å². The summed E-state index contributed by atoms with van der Waals surface area (Å²) in [5.41, 5.74) is -0.415. The van der Waals surface area contributed by atoms with Gasteiger partial charge in [0.15, 0.2) is 4.90 Å². The topological polar surface area (TPSA) is 123 Å². The third-order valence-corrected chi connectivity index (χ3v) is 7.37. The SMILES string of the molecule is O=[N+]([O-])c1ccccc1S(=O)(=O)N1CCN(Cc2nnc(-c3cccs3)o2)CC1. The number of hydrogen-bond donors (Lipinski definition) is 0. The summed E-state index contributed by atoms with van der Waals surface area (Å²) in [5.74, 6) is 0.927. The summed E-state index contributed by atoms with van der Waals surface area (Å²) >= 11 is 1.51. The minimum absolute atomic E-state index is 0.223. The van der Waals surface area contributed by atoms with Gasteiger partial charge >= 0.3 is 0 Å². The van der Waals surface area contributed by atoms with E-state index in [4.69, 9.17) is 4.42 Å². The van der Waals surface area contributed by atoms with Crippen LogP contribution in [0.3, 0.4) is 0 Å². The lowest BCUT2D eigenvalue weighted by Crippen LogP contribution is -2.48. The van der Waals surface area contributed by atoms with E-state index in [1.807, 2.05) is 22.4 Å². The first-order chi connectivity index (χ1) is 13.9. The van der Waals surface area contributed by atoms with Crippen LogP contribution in [0.2, 0.25) is 0 Å². The lowest BCUT2D eigenvalue weighted by molar-refractivity contribution is -0.387. The van der Waals surface area contributed by atoms with Gasteiger partial charge < -0.3 is 4.42 Å². The summed E-state index contributed by atoms with van der Waals surface area (Å²) in [6.07, 6.45) is 0. The van der Waals surface area contributed by atoms with E-state index in [2.05, 4.69) is 10.2 Å². The van der Waals surface area contributed by atoms with Gasteiger partial charge in [-0.15, -0.1) is 21.5 Å². The molecule has 12 heteroatoms. The third-order valence-electron chi connectivity index (χ3n) is 4.57. The summed E-state index contributed by atoms with van der Waals surface area (Å²) in [6, 6.07) is 9.20. The number of rotatable bonds is 6. The molecular formula is C17H17N5O5S2. The number of para-hydroxylation sites is 1. The normalized spacial score (nSPS) is 16.1. The van der Waals surface area contributed by atoms with Gasteiger partial charge in [-0.2, -0.15) is 4.31 Å².